The highest BCUT2D eigenvalue weighted by Gasteiger charge is 2.13. The Balaban J connectivity index is 1.42. The Labute approximate surface area is 235 Å². The van der Waals surface area contributed by atoms with Crippen LogP contribution in [0.2, 0.25) is 6.82 Å². The Bertz CT molecular complexity index is 1500. The summed E-state index contributed by atoms with van der Waals surface area (Å²) in [5.41, 5.74) is 6.89. The molecule has 0 saturated carbocycles. The average Bonchev–Trinajstić information content (AvgIpc) is 2.98. The first-order chi connectivity index (χ1) is 19.4. The van der Waals surface area contributed by atoms with Crippen LogP contribution < -0.4 is 15.4 Å². The predicted molar refractivity (Wildman–Crippen MR) is 163 cm³/mol. The second kappa shape index (κ2) is 13.4. The predicted octanol–water partition coefficient (Wildman–Crippen LogP) is 7.47. The fourth-order valence-electron chi connectivity index (χ4n) is 4.18. The first-order valence-corrected chi connectivity index (χ1v) is 13.4. The van der Waals surface area contributed by atoms with Gasteiger partial charge in [0.25, 0.3) is 11.8 Å². The van der Waals surface area contributed by atoms with E-state index in [0.717, 1.165) is 25.6 Å². The lowest BCUT2D eigenvalue weighted by molar-refractivity contribution is 0.101. The van der Waals surface area contributed by atoms with Gasteiger partial charge < -0.3 is 15.4 Å². The topological polar surface area (TPSA) is 92.1 Å². The largest absolute Gasteiger partial charge is 0.494 e. The van der Waals surface area contributed by atoms with Gasteiger partial charge in [0.05, 0.1) is 24.2 Å². The van der Waals surface area contributed by atoms with E-state index in [0.29, 0.717) is 39.6 Å². The van der Waals surface area contributed by atoms with Crippen molar-refractivity contribution in [1.82, 2.24) is 0 Å². The Hall–Kier alpha value is -4.72. The molecule has 0 spiro atoms. The van der Waals surface area contributed by atoms with Gasteiger partial charge in [0, 0.05) is 22.9 Å². The van der Waals surface area contributed by atoms with Crippen LogP contribution in [0.3, 0.4) is 0 Å². The number of benzene rings is 4. The summed E-state index contributed by atoms with van der Waals surface area (Å²) >= 11 is 0. The monoisotopic (exact) mass is 532 g/mol. The molecule has 0 atom stereocenters. The van der Waals surface area contributed by atoms with Crippen LogP contribution in [0.4, 0.5) is 22.7 Å². The minimum absolute atomic E-state index is 0.166. The van der Waals surface area contributed by atoms with E-state index < -0.39 is 0 Å². The minimum atomic E-state index is -0.208. The van der Waals surface area contributed by atoms with Crippen molar-refractivity contribution in [3.05, 3.63) is 113 Å². The highest BCUT2D eigenvalue weighted by molar-refractivity contribution is 6.32. The molecular weight excluding hydrogens is 499 g/mol. The van der Waals surface area contributed by atoms with Gasteiger partial charge in [-0.25, -0.2) is 0 Å². The van der Waals surface area contributed by atoms with Crippen molar-refractivity contribution in [2.24, 2.45) is 10.2 Å². The molecule has 4 aromatic carbocycles. The maximum Gasteiger partial charge on any atom is 0.255 e. The number of hydrogen-bond donors (Lipinski definition) is 2. The first kappa shape index (κ1) is 28.3. The van der Waals surface area contributed by atoms with Crippen LogP contribution in [0.1, 0.15) is 44.3 Å². The average molecular weight is 532 g/mol. The van der Waals surface area contributed by atoms with Crippen LogP contribution in [0.5, 0.6) is 5.75 Å². The van der Waals surface area contributed by atoms with Gasteiger partial charge >= 0.3 is 0 Å². The number of carbonyl (C=O) groups excluding carboxylic acids is 2. The van der Waals surface area contributed by atoms with E-state index in [1.165, 1.54) is 11.1 Å². The summed E-state index contributed by atoms with van der Waals surface area (Å²) in [6.45, 7) is 6.11. The normalized spacial score (nSPS) is 10.8. The number of anilines is 2. The molecule has 0 bridgehead atoms. The van der Waals surface area contributed by atoms with E-state index in [9.17, 15) is 9.59 Å². The zero-order valence-electron chi connectivity index (χ0n) is 23.3. The highest BCUT2D eigenvalue weighted by Crippen LogP contribution is 2.34. The van der Waals surface area contributed by atoms with E-state index in [4.69, 9.17) is 4.74 Å². The standard InChI is InChI=1S/C32H33BN4O3/c1-5-22-6-10-24(11-7-22)31(38)34-26-14-16-27(17-15-26)36-37-28-19-30(40-4)29(18-21(28)2)35-32(39)25-12-8-23(9-13-25)20-33-3/h6-19,33H,5,20H2,1-4H3,(H,34,38)(H,35,39)/b37-36+. The molecule has 0 aliphatic rings. The number of hydrogen-bond acceptors (Lipinski definition) is 5. The van der Waals surface area contributed by atoms with Crippen molar-refractivity contribution in [2.45, 2.75) is 33.4 Å². The van der Waals surface area contributed by atoms with Crippen molar-refractivity contribution in [3.8, 4) is 5.75 Å². The molecule has 40 heavy (non-hydrogen) atoms. The summed E-state index contributed by atoms with van der Waals surface area (Å²) in [6.07, 6.45) is 1.92. The van der Waals surface area contributed by atoms with Gasteiger partial charge in [0.15, 0.2) is 0 Å². The van der Waals surface area contributed by atoms with Gasteiger partial charge in [0.2, 0.25) is 0 Å². The van der Waals surface area contributed by atoms with E-state index >= 15 is 0 Å². The number of aryl methyl sites for hydroxylation is 2. The van der Waals surface area contributed by atoms with Gasteiger partial charge in [-0.3, -0.25) is 9.59 Å². The number of rotatable bonds is 10. The Morgan fingerprint density at radius 2 is 1.40 bits per heavy atom. The molecule has 4 rings (SSSR count). The minimum Gasteiger partial charge on any atom is -0.494 e. The molecule has 2 amide bonds. The lowest BCUT2D eigenvalue weighted by Gasteiger charge is -2.13. The van der Waals surface area contributed by atoms with E-state index in [1.54, 1.807) is 37.4 Å². The molecule has 2 N–H and O–H groups in total. The van der Waals surface area contributed by atoms with Crippen LogP contribution in [-0.4, -0.2) is 26.2 Å². The summed E-state index contributed by atoms with van der Waals surface area (Å²) in [7, 11) is 2.61. The van der Waals surface area contributed by atoms with Gasteiger partial charge in [-0.1, -0.05) is 49.9 Å². The van der Waals surface area contributed by atoms with Crippen molar-refractivity contribution in [2.75, 3.05) is 17.7 Å². The molecule has 202 valence electrons. The van der Waals surface area contributed by atoms with Crippen LogP contribution in [0, 0.1) is 6.92 Å². The van der Waals surface area contributed by atoms with Crippen LogP contribution in [0.25, 0.3) is 0 Å². The maximum atomic E-state index is 12.8. The molecule has 7 nitrogen and oxygen atoms in total. The number of methoxy groups -OCH3 is 1. The van der Waals surface area contributed by atoms with E-state index in [2.05, 4.69) is 34.6 Å². The van der Waals surface area contributed by atoms with Crippen molar-refractivity contribution < 1.29 is 14.3 Å². The number of ether oxygens (including phenoxy) is 1. The van der Waals surface area contributed by atoms with Gasteiger partial charge in [-0.05, 0) is 79.1 Å². The summed E-state index contributed by atoms with van der Waals surface area (Å²) in [6, 6.07) is 25.9. The second-order valence-corrected chi connectivity index (χ2v) is 9.49. The molecule has 0 aliphatic carbocycles. The van der Waals surface area contributed by atoms with Gasteiger partial charge in [-0.2, -0.15) is 10.2 Å². The van der Waals surface area contributed by atoms with Crippen LogP contribution in [-0.2, 0) is 12.7 Å². The smallest absolute Gasteiger partial charge is 0.255 e. The second-order valence-electron chi connectivity index (χ2n) is 9.49. The molecule has 0 heterocycles. The molecule has 0 saturated heterocycles. The van der Waals surface area contributed by atoms with Crippen LogP contribution in [0.15, 0.2) is 95.2 Å². The Morgan fingerprint density at radius 3 is 1.98 bits per heavy atom. The molecule has 0 aromatic heterocycles. The number of azo groups is 1. The number of nitrogens with zero attached hydrogens (tertiary/aromatic N) is 2. The van der Waals surface area contributed by atoms with Crippen molar-refractivity contribution in [3.63, 3.8) is 0 Å². The molecular formula is C32H33BN4O3. The Morgan fingerprint density at radius 1 is 0.800 bits per heavy atom. The SMILES string of the molecule is CBCc1ccc(C(=O)Nc2cc(C)c(/N=N/c3ccc(NC(=O)c4ccc(CC)cc4)cc3)cc2OC)cc1. The first-order valence-electron chi connectivity index (χ1n) is 13.4. The summed E-state index contributed by atoms with van der Waals surface area (Å²) in [4.78, 5) is 25.4. The number of amides is 2. The van der Waals surface area contributed by atoms with Gasteiger partial charge in [0.1, 0.15) is 13.0 Å². The lowest BCUT2D eigenvalue weighted by atomic mass is 9.75. The number of nitrogens with one attached hydrogen (secondary N) is 2. The molecule has 0 unspecified atom stereocenters. The third-order valence-electron chi connectivity index (χ3n) is 6.54. The zero-order chi connectivity index (χ0) is 28.5. The Kier molecular flexibility index (Phi) is 9.46. The third kappa shape index (κ3) is 7.23. The lowest BCUT2D eigenvalue weighted by Crippen LogP contribution is -2.13. The van der Waals surface area contributed by atoms with E-state index in [-0.39, 0.29) is 11.8 Å². The van der Waals surface area contributed by atoms with Crippen LogP contribution >= 0.6 is 0 Å². The molecule has 8 heteroatoms. The fourth-order valence-corrected chi connectivity index (χ4v) is 4.18. The zero-order valence-corrected chi connectivity index (χ0v) is 23.3. The van der Waals surface area contributed by atoms with Crippen molar-refractivity contribution >= 4 is 41.8 Å². The third-order valence-corrected chi connectivity index (χ3v) is 6.54. The molecule has 0 radical (unpaired) electrons. The molecule has 4 aromatic rings. The van der Waals surface area contributed by atoms with Gasteiger partial charge in [-0.15, -0.1) is 0 Å². The molecule has 0 aliphatic heterocycles. The maximum absolute atomic E-state index is 12.8. The van der Waals surface area contributed by atoms with E-state index in [1.807, 2.05) is 61.5 Å². The van der Waals surface area contributed by atoms with Crippen molar-refractivity contribution in [1.29, 1.82) is 0 Å². The molecule has 0 fully saturated rings. The number of carbonyl (C=O) groups is 2. The summed E-state index contributed by atoms with van der Waals surface area (Å²) in [5.74, 6) is 0.112. The summed E-state index contributed by atoms with van der Waals surface area (Å²) < 4.78 is 5.53. The fraction of sp³-hybridized carbons (Fsp3) is 0.188. The quantitative estimate of drug-likeness (QED) is 0.164. The summed E-state index contributed by atoms with van der Waals surface area (Å²) in [5, 5.41) is 14.6. The highest BCUT2D eigenvalue weighted by atomic mass is 16.5.